The summed E-state index contributed by atoms with van der Waals surface area (Å²) in [5.41, 5.74) is 2.61. The molecule has 1 aromatic heterocycles. The predicted octanol–water partition coefficient (Wildman–Crippen LogP) is 3.78. The smallest absolute Gasteiger partial charge is 0.227 e. The second kappa shape index (κ2) is 3.68. The zero-order valence-electron chi connectivity index (χ0n) is 8.42. The molecular formula is C13H9NOS. The highest BCUT2D eigenvalue weighted by Gasteiger charge is 2.07. The van der Waals surface area contributed by atoms with Gasteiger partial charge in [-0.3, -0.25) is 0 Å². The Morgan fingerprint density at radius 2 is 1.81 bits per heavy atom. The first kappa shape index (κ1) is 9.48. The van der Waals surface area contributed by atoms with E-state index in [9.17, 15) is 0 Å². The lowest BCUT2D eigenvalue weighted by molar-refractivity contribution is 0.620. The van der Waals surface area contributed by atoms with Gasteiger partial charge in [0.05, 0.1) is 0 Å². The third kappa shape index (κ3) is 1.59. The van der Waals surface area contributed by atoms with Crippen LogP contribution in [-0.4, -0.2) is 4.98 Å². The topological polar surface area (TPSA) is 26.0 Å². The second-order valence-corrected chi connectivity index (χ2v) is 4.05. The van der Waals surface area contributed by atoms with E-state index in [0.29, 0.717) is 5.89 Å². The van der Waals surface area contributed by atoms with Gasteiger partial charge in [-0.25, -0.2) is 4.98 Å². The van der Waals surface area contributed by atoms with E-state index in [1.165, 1.54) is 0 Å². The summed E-state index contributed by atoms with van der Waals surface area (Å²) in [4.78, 5) is 5.32. The average Bonchev–Trinajstić information content (AvgIpc) is 2.73. The highest BCUT2D eigenvalue weighted by molar-refractivity contribution is 7.80. The fourth-order valence-electron chi connectivity index (χ4n) is 1.62. The highest BCUT2D eigenvalue weighted by Crippen LogP contribution is 2.25. The molecule has 0 unspecified atom stereocenters. The van der Waals surface area contributed by atoms with Crippen LogP contribution in [0.3, 0.4) is 0 Å². The summed E-state index contributed by atoms with van der Waals surface area (Å²) < 4.78 is 5.66. The summed E-state index contributed by atoms with van der Waals surface area (Å²) in [6.07, 6.45) is 0. The zero-order chi connectivity index (χ0) is 11.0. The molecule has 0 atom stereocenters. The summed E-state index contributed by atoms with van der Waals surface area (Å²) in [5, 5.41) is 0. The number of hydrogen-bond donors (Lipinski definition) is 1. The van der Waals surface area contributed by atoms with Gasteiger partial charge in [-0.15, -0.1) is 12.6 Å². The third-order valence-electron chi connectivity index (χ3n) is 2.39. The van der Waals surface area contributed by atoms with Crippen LogP contribution in [0.2, 0.25) is 0 Å². The molecule has 3 rings (SSSR count). The Balaban J connectivity index is 2.19. The fraction of sp³-hybridized carbons (Fsp3) is 0. The molecule has 0 amide bonds. The Labute approximate surface area is 98.3 Å². The second-order valence-electron chi connectivity index (χ2n) is 3.54. The number of fused-ring (bicyclic) bond motifs is 1. The van der Waals surface area contributed by atoms with Crippen molar-refractivity contribution in [2.75, 3.05) is 0 Å². The Hall–Kier alpha value is -1.74. The Morgan fingerprint density at radius 1 is 1.00 bits per heavy atom. The monoisotopic (exact) mass is 227 g/mol. The van der Waals surface area contributed by atoms with Crippen molar-refractivity contribution in [1.82, 2.24) is 4.98 Å². The summed E-state index contributed by atoms with van der Waals surface area (Å²) in [7, 11) is 0. The van der Waals surface area contributed by atoms with Crippen molar-refractivity contribution in [3.63, 3.8) is 0 Å². The van der Waals surface area contributed by atoms with E-state index in [0.717, 1.165) is 21.6 Å². The highest BCUT2D eigenvalue weighted by atomic mass is 32.1. The van der Waals surface area contributed by atoms with Crippen molar-refractivity contribution in [2.45, 2.75) is 4.90 Å². The summed E-state index contributed by atoms with van der Waals surface area (Å²) in [6.45, 7) is 0. The van der Waals surface area contributed by atoms with Gasteiger partial charge < -0.3 is 4.42 Å². The molecule has 0 N–H and O–H groups in total. The number of hydrogen-bond acceptors (Lipinski definition) is 3. The Bertz CT molecular complexity index is 631. The van der Waals surface area contributed by atoms with Crippen molar-refractivity contribution in [3.05, 3.63) is 48.5 Å². The van der Waals surface area contributed by atoms with Gasteiger partial charge in [-0.1, -0.05) is 18.2 Å². The lowest BCUT2D eigenvalue weighted by atomic mass is 10.2. The minimum atomic E-state index is 0.648. The first-order valence-corrected chi connectivity index (χ1v) is 5.42. The van der Waals surface area contributed by atoms with Crippen LogP contribution < -0.4 is 0 Å². The summed E-state index contributed by atoms with van der Waals surface area (Å²) in [5.74, 6) is 0.648. The molecule has 78 valence electrons. The van der Waals surface area contributed by atoms with E-state index in [4.69, 9.17) is 4.42 Å². The molecule has 16 heavy (non-hydrogen) atoms. The molecule has 1 heterocycles. The van der Waals surface area contributed by atoms with Gasteiger partial charge in [0, 0.05) is 10.5 Å². The fourth-order valence-corrected chi connectivity index (χ4v) is 1.82. The van der Waals surface area contributed by atoms with Gasteiger partial charge in [0.25, 0.3) is 0 Å². The van der Waals surface area contributed by atoms with Crippen molar-refractivity contribution in [2.24, 2.45) is 0 Å². The van der Waals surface area contributed by atoms with Gasteiger partial charge in [-0.05, 0) is 30.3 Å². The number of benzene rings is 2. The lowest BCUT2D eigenvalue weighted by Crippen LogP contribution is -1.74. The number of rotatable bonds is 1. The SMILES string of the molecule is Sc1ccc2oc(-c3ccccc3)nc2c1. The van der Waals surface area contributed by atoms with Gasteiger partial charge in [0.2, 0.25) is 5.89 Å². The van der Waals surface area contributed by atoms with Crippen LogP contribution >= 0.6 is 12.6 Å². The molecule has 0 aliphatic carbocycles. The van der Waals surface area contributed by atoms with Crippen molar-refractivity contribution in [3.8, 4) is 11.5 Å². The minimum Gasteiger partial charge on any atom is -0.436 e. The molecule has 2 aromatic carbocycles. The molecule has 0 spiro atoms. The summed E-state index contributed by atoms with van der Waals surface area (Å²) in [6, 6.07) is 15.5. The van der Waals surface area contributed by atoms with Crippen LogP contribution in [0, 0.1) is 0 Å². The standard InChI is InChI=1S/C13H9NOS/c16-10-6-7-12-11(8-10)14-13(15-12)9-4-2-1-3-5-9/h1-8,16H. The maximum atomic E-state index is 5.66. The van der Waals surface area contributed by atoms with Crippen LogP contribution in [-0.2, 0) is 0 Å². The van der Waals surface area contributed by atoms with E-state index in [1.54, 1.807) is 0 Å². The number of oxazole rings is 1. The molecule has 0 aliphatic rings. The van der Waals surface area contributed by atoms with Gasteiger partial charge >= 0.3 is 0 Å². The molecule has 0 fully saturated rings. The van der Waals surface area contributed by atoms with Gasteiger partial charge in [0.15, 0.2) is 5.58 Å². The lowest BCUT2D eigenvalue weighted by Gasteiger charge is -1.91. The maximum Gasteiger partial charge on any atom is 0.227 e. The first-order valence-electron chi connectivity index (χ1n) is 4.98. The van der Waals surface area contributed by atoms with Crippen LogP contribution in [0.15, 0.2) is 57.8 Å². The normalized spacial score (nSPS) is 10.8. The molecule has 3 heteroatoms. The largest absolute Gasteiger partial charge is 0.436 e. The van der Waals surface area contributed by atoms with E-state index in [1.807, 2.05) is 48.5 Å². The molecule has 0 bridgehead atoms. The van der Waals surface area contributed by atoms with Crippen LogP contribution in [0.5, 0.6) is 0 Å². The van der Waals surface area contributed by atoms with Gasteiger partial charge in [0.1, 0.15) is 5.52 Å². The average molecular weight is 227 g/mol. The Morgan fingerprint density at radius 3 is 2.62 bits per heavy atom. The van der Waals surface area contributed by atoms with Crippen LogP contribution in [0.1, 0.15) is 0 Å². The number of nitrogens with zero attached hydrogens (tertiary/aromatic N) is 1. The van der Waals surface area contributed by atoms with E-state index < -0.39 is 0 Å². The molecule has 0 saturated carbocycles. The molecule has 0 saturated heterocycles. The molecule has 0 radical (unpaired) electrons. The van der Waals surface area contributed by atoms with Crippen LogP contribution in [0.4, 0.5) is 0 Å². The van der Waals surface area contributed by atoms with E-state index in [-0.39, 0.29) is 0 Å². The molecule has 0 aliphatic heterocycles. The minimum absolute atomic E-state index is 0.648. The number of thiol groups is 1. The summed E-state index contributed by atoms with van der Waals surface area (Å²) >= 11 is 4.28. The van der Waals surface area contributed by atoms with Crippen LogP contribution in [0.25, 0.3) is 22.6 Å². The zero-order valence-corrected chi connectivity index (χ0v) is 9.32. The van der Waals surface area contributed by atoms with E-state index in [2.05, 4.69) is 17.6 Å². The maximum absolute atomic E-state index is 5.66. The van der Waals surface area contributed by atoms with Gasteiger partial charge in [-0.2, -0.15) is 0 Å². The van der Waals surface area contributed by atoms with Crippen molar-refractivity contribution >= 4 is 23.7 Å². The molecule has 3 aromatic rings. The molecule has 2 nitrogen and oxygen atoms in total. The van der Waals surface area contributed by atoms with Crippen molar-refractivity contribution in [1.29, 1.82) is 0 Å². The molecular weight excluding hydrogens is 218 g/mol. The number of aromatic nitrogens is 1. The Kier molecular flexibility index (Phi) is 2.18. The first-order chi connectivity index (χ1) is 7.83. The van der Waals surface area contributed by atoms with E-state index >= 15 is 0 Å². The quantitative estimate of drug-likeness (QED) is 0.640. The van der Waals surface area contributed by atoms with Crippen molar-refractivity contribution < 1.29 is 4.42 Å². The predicted molar refractivity (Wildman–Crippen MR) is 66.7 cm³/mol. The third-order valence-corrected chi connectivity index (χ3v) is 2.67.